The molecule has 1 aromatic rings. The Hall–Kier alpha value is -1.66. The summed E-state index contributed by atoms with van der Waals surface area (Å²) in [5.41, 5.74) is 0.680. The van der Waals surface area contributed by atoms with E-state index < -0.39 is 10.9 Å². The Morgan fingerprint density at radius 3 is 2.95 bits per heavy atom. The zero-order valence-electron chi connectivity index (χ0n) is 11.5. The highest BCUT2D eigenvalue weighted by molar-refractivity contribution is 6.30. The van der Waals surface area contributed by atoms with Crippen molar-refractivity contribution in [2.45, 2.75) is 25.8 Å². The fourth-order valence-corrected chi connectivity index (χ4v) is 2.91. The molecule has 1 fully saturated rings. The summed E-state index contributed by atoms with van der Waals surface area (Å²) in [5.74, 6) is -0.432. The van der Waals surface area contributed by atoms with Gasteiger partial charge in [0, 0.05) is 36.2 Å². The van der Waals surface area contributed by atoms with E-state index in [2.05, 4.69) is 4.90 Å². The number of rotatable bonds is 6. The predicted molar refractivity (Wildman–Crippen MR) is 78.4 cm³/mol. The van der Waals surface area contributed by atoms with Gasteiger partial charge in [-0.1, -0.05) is 11.6 Å². The minimum atomic E-state index is -0.779. The fourth-order valence-electron chi connectivity index (χ4n) is 2.72. The normalized spacial score (nSPS) is 18.8. The third kappa shape index (κ3) is 4.41. The number of carboxylic acid groups (broad SMARTS) is 1. The van der Waals surface area contributed by atoms with Gasteiger partial charge in [0.05, 0.1) is 4.92 Å². The lowest BCUT2D eigenvalue weighted by Crippen LogP contribution is -2.21. The van der Waals surface area contributed by atoms with Crippen molar-refractivity contribution in [3.8, 4) is 0 Å². The third-order valence-electron chi connectivity index (χ3n) is 3.77. The quantitative estimate of drug-likeness (QED) is 0.645. The van der Waals surface area contributed by atoms with Crippen LogP contribution in [0.25, 0.3) is 0 Å². The van der Waals surface area contributed by atoms with Gasteiger partial charge in [0.2, 0.25) is 0 Å². The molecule has 1 atom stereocenters. The predicted octanol–water partition coefficient (Wildman–Crippen LogP) is 2.93. The molecule has 0 saturated carbocycles. The average molecular weight is 313 g/mol. The van der Waals surface area contributed by atoms with Gasteiger partial charge in [0.15, 0.2) is 0 Å². The first-order valence-electron chi connectivity index (χ1n) is 6.82. The van der Waals surface area contributed by atoms with E-state index in [1.54, 1.807) is 6.07 Å². The van der Waals surface area contributed by atoms with E-state index in [4.69, 9.17) is 16.7 Å². The van der Waals surface area contributed by atoms with Crippen LogP contribution in [0.5, 0.6) is 0 Å². The number of nitro benzene ring substituents is 1. The number of carbonyl (C=O) groups is 1. The molecule has 7 heteroatoms. The topological polar surface area (TPSA) is 83.7 Å². The number of carboxylic acids is 1. The van der Waals surface area contributed by atoms with Gasteiger partial charge in [0.1, 0.15) is 0 Å². The highest BCUT2D eigenvalue weighted by Crippen LogP contribution is 2.27. The summed E-state index contributed by atoms with van der Waals surface area (Å²) in [6, 6.07) is 4.57. The number of hydrogen-bond donors (Lipinski definition) is 1. The molecule has 1 N–H and O–H groups in total. The Morgan fingerprint density at radius 2 is 2.29 bits per heavy atom. The van der Waals surface area contributed by atoms with Gasteiger partial charge < -0.3 is 5.11 Å². The van der Waals surface area contributed by atoms with Crippen LogP contribution in [0.15, 0.2) is 18.2 Å². The Kier molecular flexibility index (Phi) is 5.14. The largest absolute Gasteiger partial charge is 0.481 e. The Morgan fingerprint density at radius 1 is 1.52 bits per heavy atom. The molecule has 1 saturated heterocycles. The molecule has 21 heavy (non-hydrogen) atoms. The van der Waals surface area contributed by atoms with Crippen molar-refractivity contribution >= 4 is 23.3 Å². The standard InChI is InChI=1S/C14H17ClN2O4/c15-12-2-3-13(17(20)21)11(7-12)9-16-6-5-10(8-16)1-4-14(18)19/h2-3,7,10H,1,4-6,8-9H2,(H,18,19). The molecule has 1 aliphatic heterocycles. The monoisotopic (exact) mass is 312 g/mol. The van der Waals surface area contributed by atoms with Crippen molar-refractivity contribution in [2.75, 3.05) is 13.1 Å². The van der Waals surface area contributed by atoms with Crippen molar-refractivity contribution in [1.29, 1.82) is 0 Å². The van der Waals surface area contributed by atoms with E-state index in [9.17, 15) is 14.9 Å². The minimum absolute atomic E-state index is 0.0772. The smallest absolute Gasteiger partial charge is 0.303 e. The summed E-state index contributed by atoms with van der Waals surface area (Å²) < 4.78 is 0. The maximum Gasteiger partial charge on any atom is 0.303 e. The number of nitro groups is 1. The fraction of sp³-hybridized carbons (Fsp3) is 0.500. The molecule has 2 rings (SSSR count). The molecule has 0 spiro atoms. The zero-order valence-corrected chi connectivity index (χ0v) is 12.3. The highest BCUT2D eigenvalue weighted by atomic mass is 35.5. The average Bonchev–Trinajstić information content (AvgIpc) is 2.83. The van der Waals surface area contributed by atoms with Gasteiger partial charge in [-0.2, -0.15) is 0 Å². The second-order valence-corrected chi connectivity index (χ2v) is 5.79. The lowest BCUT2D eigenvalue weighted by molar-refractivity contribution is -0.385. The van der Waals surface area contributed by atoms with Crippen LogP contribution in [0.1, 0.15) is 24.8 Å². The molecule has 1 aromatic carbocycles. The number of hydrogen-bond acceptors (Lipinski definition) is 4. The summed E-state index contributed by atoms with van der Waals surface area (Å²) in [4.78, 5) is 23.3. The van der Waals surface area contributed by atoms with E-state index in [1.807, 2.05) is 0 Å². The molecule has 1 heterocycles. The maximum atomic E-state index is 11.0. The summed E-state index contributed by atoms with van der Waals surface area (Å²) in [6.07, 6.45) is 1.76. The molecule has 0 aliphatic carbocycles. The highest BCUT2D eigenvalue weighted by Gasteiger charge is 2.25. The van der Waals surface area contributed by atoms with Crippen LogP contribution < -0.4 is 0 Å². The molecule has 1 unspecified atom stereocenters. The van der Waals surface area contributed by atoms with Crippen LogP contribution in [-0.4, -0.2) is 34.0 Å². The van der Waals surface area contributed by atoms with Crippen LogP contribution in [0.4, 0.5) is 5.69 Å². The Balaban J connectivity index is 1.98. The van der Waals surface area contributed by atoms with Gasteiger partial charge in [-0.25, -0.2) is 0 Å². The van der Waals surface area contributed by atoms with Crippen LogP contribution in [0, 0.1) is 16.0 Å². The van der Waals surface area contributed by atoms with E-state index in [0.717, 1.165) is 19.5 Å². The SMILES string of the molecule is O=C(O)CCC1CCN(Cc2cc(Cl)ccc2[N+](=O)[O-])C1. The Bertz CT molecular complexity index is 550. The lowest BCUT2D eigenvalue weighted by Gasteiger charge is -2.16. The number of nitrogens with zero attached hydrogens (tertiary/aromatic N) is 2. The summed E-state index contributed by atoms with van der Waals surface area (Å²) in [7, 11) is 0. The third-order valence-corrected chi connectivity index (χ3v) is 4.00. The zero-order chi connectivity index (χ0) is 15.4. The van der Waals surface area contributed by atoms with Gasteiger partial charge in [0.25, 0.3) is 5.69 Å². The van der Waals surface area contributed by atoms with Gasteiger partial charge in [-0.15, -0.1) is 0 Å². The number of halogens is 1. The molecule has 114 valence electrons. The summed E-state index contributed by atoms with van der Waals surface area (Å²) in [5, 5.41) is 20.2. The van der Waals surface area contributed by atoms with E-state index >= 15 is 0 Å². The molecule has 0 radical (unpaired) electrons. The molecule has 0 amide bonds. The second kappa shape index (κ2) is 6.87. The van der Waals surface area contributed by atoms with E-state index in [1.165, 1.54) is 12.1 Å². The number of likely N-dealkylation sites (tertiary alicyclic amines) is 1. The summed E-state index contributed by atoms with van der Waals surface area (Å²) in [6.45, 7) is 2.07. The van der Waals surface area contributed by atoms with Crippen molar-refractivity contribution < 1.29 is 14.8 Å². The molecule has 0 aromatic heterocycles. The molecule has 1 aliphatic rings. The van der Waals surface area contributed by atoms with E-state index in [0.29, 0.717) is 29.5 Å². The van der Waals surface area contributed by atoms with Crippen molar-refractivity contribution in [1.82, 2.24) is 4.90 Å². The Labute approximate surface area is 127 Å². The van der Waals surface area contributed by atoms with Crippen molar-refractivity contribution in [3.05, 3.63) is 38.9 Å². The van der Waals surface area contributed by atoms with E-state index in [-0.39, 0.29) is 12.1 Å². The molecular formula is C14H17ClN2O4. The molecule has 6 nitrogen and oxygen atoms in total. The second-order valence-electron chi connectivity index (χ2n) is 5.35. The van der Waals surface area contributed by atoms with Crippen LogP contribution in [0.3, 0.4) is 0 Å². The van der Waals surface area contributed by atoms with Crippen molar-refractivity contribution in [3.63, 3.8) is 0 Å². The first kappa shape index (κ1) is 15.7. The number of benzene rings is 1. The van der Waals surface area contributed by atoms with Gasteiger partial charge in [-0.3, -0.25) is 19.8 Å². The van der Waals surface area contributed by atoms with Crippen molar-refractivity contribution in [2.24, 2.45) is 5.92 Å². The number of aliphatic carboxylic acids is 1. The van der Waals surface area contributed by atoms with Crippen LogP contribution in [-0.2, 0) is 11.3 Å². The first-order valence-corrected chi connectivity index (χ1v) is 7.20. The summed E-state index contributed by atoms with van der Waals surface area (Å²) >= 11 is 5.91. The van der Waals surface area contributed by atoms with Gasteiger partial charge in [-0.05, 0) is 37.4 Å². The first-order chi connectivity index (χ1) is 9.95. The molecule has 0 bridgehead atoms. The van der Waals surface area contributed by atoms with Crippen LogP contribution in [0.2, 0.25) is 5.02 Å². The lowest BCUT2D eigenvalue weighted by atomic mass is 10.0. The van der Waals surface area contributed by atoms with Crippen LogP contribution >= 0.6 is 11.6 Å². The van der Waals surface area contributed by atoms with Gasteiger partial charge >= 0.3 is 5.97 Å². The molecular weight excluding hydrogens is 296 g/mol. The minimum Gasteiger partial charge on any atom is -0.481 e. The maximum absolute atomic E-state index is 11.0.